The summed E-state index contributed by atoms with van der Waals surface area (Å²) in [5, 5.41) is 3.43. The van der Waals surface area contributed by atoms with Gasteiger partial charge >= 0.3 is 0 Å². The first-order chi connectivity index (χ1) is 14.4. The Hall–Kier alpha value is -2.51. The zero-order valence-electron chi connectivity index (χ0n) is 17.1. The smallest absolute Gasteiger partial charge is 0.264 e. The number of ether oxygens (including phenoxy) is 2. The Morgan fingerprint density at radius 3 is 2.60 bits per heavy atom. The summed E-state index contributed by atoms with van der Waals surface area (Å²) >= 11 is 4.84. The van der Waals surface area contributed by atoms with E-state index < -0.39 is 0 Å². The number of hydrogen-bond donors (Lipinski definition) is 1. The predicted octanol–water partition coefficient (Wildman–Crippen LogP) is 5.40. The first-order valence-electron chi connectivity index (χ1n) is 9.33. The van der Waals surface area contributed by atoms with Crippen LogP contribution in [-0.4, -0.2) is 24.8 Å². The quantitative estimate of drug-likeness (QED) is 0.420. The highest BCUT2D eigenvalue weighted by Gasteiger charge is 2.24. The zero-order chi connectivity index (χ0) is 21.7. The van der Waals surface area contributed by atoms with Crippen molar-refractivity contribution in [1.29, 1.82) is 0 Å². The van der Waals surface area contributed by atoms with E-state index in [4.69, 9.17) is 9.47 Å². The molecule has 1 N–H and O–H groups in total. The van der Waals surface area contributed by atoms with Crippen LogP contribution in [0.5, 0.6) is 11.5 Å². The third kappa shape index (κ3) is 5.55. The third-order valence-corrected chi connectivity index (χ3v) is 5.77. The van der Waals surface area contributed by atoms with Crippen molar-refractivity contribution in [1.82, 2.24) is 5.32 Å². The summed E-state index contributed by atoms with van der Waals surface area (Å²) in [5.74, 6) is 1.00. The molecule has 2 aromatic carbocycles. The van der Waals surface area contributed by atoms with Gasteiger partial charge in [-0.2, -0.15) is 0 Å². The predicted molar refractivity (Wildman–Crippen MR) is 127 cm³/mol. The highest BCUT2D eigenvalue weighted by molar-refractivity contribution is 9.10. The molecule has 1 fully saturated rings. The monoisotopic (exact) mass is 486 g/mol. The van der Waals surface area contributed by atoms with Gasteiger partial charge in [0.2, 0.25) is 0 Å². The van der Waals surface area contributed by atoms with E-state index in [9.17, 15) is 4.79 Å². The van der Waals surface area contributed by atoms with Crippen LogP contribution in [0.15, 0.2) is 57.4 Å². The molecule has 30 heavy (non-hydrogen) atoms. The van der Waals surface area contributed by atoms with E-state index in [1.54, 1.807) is 13.2 Å². The van der Waals surface area contributed by atoms with Crippen LogP contribution in [0.25, 0.3) is 6.08 Å². The number of thioether (sulfide) groups is 1. The lowest BCUT2D eigenvalue weighted by molar-refractivity contribution is -0.115. The van der Waals surface area contributed by atoms with Crippen molar-refractivity contribution in [3.63, 3.8) is 0 Å². The third-order valence-electron chi connectivity index (χ3n) is 4.23. The largest absolute Gasteiger partial charge is 0.493 e. The molecule has 156 valence electrons. The van der Waals surface area contributed by atoms with Gasteiger partial charge in [0.25, 0.3) is 5.91 Å². The average molecular weight is 487 g/mol. The van der Waals surface area contributed by atoms with Crippen LogP contribution >= 0.6 is 27.7 Å². The molecule has 0 unspecified atom stereocenters. The number of halogens is 1. The summed E-state index contributed by atoms with van der Waals surface area (Å²) in [6.45, 7) is 8.68. The number of nitrogens with zero attached hydrogens (tertiary/aromatic N) is 1. The number of rotatable bonds is 7. The number of benzene rings is 2. The number of amides is 1. The van der Waals surface area contributed by atoms with Gasteiger partial charge in [-0.1, -0.05) is 42.0 Å². The molecule has 0 radical (unpaired) electrons. The molecule has 3 rings (SSSR count). The van der Waals surface area contributed by atoms with Crippen molar-refractivity contribution in [2.45, 2.75) is 20.4 Å². The van der Waals surface area contributed by atoms with Crippen LogP contribution < -0.4 is 14.8 Å². The van der Waals surface area contributed by atoms with E-state index in [-0.39, 0.29) is 5.91 Å². The van der Waals surface area contributed by atoms with Crippen molar-refractivity contribution < 1.29 is 14.3 Å². The van der Waals surface area contributed by atoms with E-state index in [1.165, 1.54) is 22.9 Å². The van der Waals surface area contributed by atoms with Gasteiger partial charge in [0.15, 0.2) is 16.7 Å². The van der Waals surface area contributed by atoms with Crippen LogP contribution in [0.4, 0.5) is 0 Å². The maximum atomic E-state index is 12.4. The molecule has 0 atom stereocenters. The molecular weight excluding hydrogens is 464 g/mol. The van der Waals surface area contributed by atoms with Crippen molar-refractivity contribution in [2.24, 2.45) is 4.99 Å². The number of aliphatic imine (C=N–C) groups is 1. The van der Waals surface area contributed by atoms with Gasteiger partial charge in [-0.3, -0.25) is 9.79 Å². The molecule has 1 aliphatic rings. The number of carbonyl (C=O) groups is 1. The van der Waals surface area contributed by atoms with E-state index in [2.05, 4.69) is 64.9 Å². The summed E-state index contributed by atoms with van der Waals surface area (Å²) in [6.07, 6.45) is 3.48. The van der Waals surface area contributed by atoms with Gasteiger partial charge in [-0.05, 0) is 70.9 Å². The Balaban J connectivity index is 1.78. The molecule has 1 saturated heterocycles. The SMILES string of the molecule is C=CCOc1c(Br)cc(/C=C2\SC(=NCc3cc(C)cc(C)c3)NC2=O)cc1OC. The second-order valence-electron chi connectivity index (χ2n) is 6.82. The first-order valence-corrected chi connectivity index (χ1v) is 10.9. The zero-order valence-corrected chi connectivity index (χ0v) is 19.5. The minimum atomic E-state index is -0.166. The molecule has 1 heterocycles. The second-order valence-corrected chi connectivity index (χ2v) is 8.70. The number of hydrogen-bond acceptors (Lipinski definition) is 5. The fourth-order valence-electron chi connectivity index (χ4n) is 3.08. The number of carbonyl (C=O) groups excluding carboxylic acids is 1. The average Bonchev–Trinajstić information content (AvgIpc) is 3.04. The van der Waals surface area contributed by atoms with E-state index in [0.717, 1.165) is 15.6 Å². The molecule has 0 saturated carbocycles. The molecule has 0 aromatic heterocycles. The Kier molecular flexibility index (Phi) is 7.39. The molecule has 2 aromatic rings. The molecule has 0 spiro atoms. The summed E-state index contributed by atoms with van der Waals surface area (Å²) < 4.78 is 11.8. The summed E-state index contributed by atoms with van der Waals surface area (Å²) in [7, 11) is 1.58. The summed E-state index contributed by atoms with van der Waals surface area (Å²) in [6, 6.07) is 10.1. The maximum Gasteiger partial charge on any atom is 0.264 e. The van der Waals surface area contributed by atoms with Gasteiger partial charge in [0.1, 0.15) is 6.61 Å². The fraction of sp³-hybridized carbons (Fsp3) is 0.217. The fourth-order valence-corrected chi connectivity index (χ4v) is 4.48. The normalized spacial score (nSPS) is 16.1. The summed E-state index contributed by atoms with van der Waals surface area (Å²) in [4.78, 5) is 17.5. The highest BCUT2D eigenvalue weighted by atomic mass is 79.9. The lowest BCUT2D eigenvalue weighted by atomic mass is 10.1. The van der Waals surface area contributed by atoms with Gasteiger partial charge in [-0.15, -0.1) is 0 Å². The molecular formula is C23H23BrN2O3S. The number of amidine groups is 1. The van der Waals surface area contributed by atoms with Crippen molar-refractivity contribution in [3.8, 4) is 11.5 Å². The van der Waals surface area contributed by atoms with Gasteiger partial charge in [-0.25, -0.2) is 0 Å². The number of aryl methyl sites for hydroxylation is 2. The van der Waals surface area contributed by atoms with Gasteiger partial charge in [0.05, 0.1) is 23.0 Å². The number of nitrogens with one attached hydrogen (secondary N) is 1. The van der Waals surface area contributed by atoms with Crippen LogP contribution in [-0.2, 0) is 11.3 Å². The Morgan fingerprint density at radius 2 is 1.93 bits per heavy atom. The molecule has 5 nitrogen and oxygen atoms in total. The molecule has 7 heteroatoms. The van der Waals surface area contributed by atoms with E-state index in [0.29, 0.717) is 34.7 Å². The lowest BCUT2D eigenvalue weighted by Gasteiger charge is -2.12. The van der Waals surface area contributed by atoms with Crippen LogP contribution in [0.3, 0.4) is 0 Å². The lowest BCUT2D eigenvalue weighted by Crippen LogP contribution is -2.19. The first kappa shape index (κ1) is 22.2. The molecule has 1 aliphatic heterocycles. The van der Waals surface area contributed by atoms with E-state index in [1.807, 2.05) is 18.2 Å². The van der Waals surface area contributed by atoms with Crippen LogP contribution in [0, 0.1) is 13.8 Å². The second kappa shape index (κ2) is 10.00. The number of methoxy groups -OCH3 is 1. The van der Waals surface area contributed by atoms with E-state index >= 15 is 0 Å². The van der Waals surface area contributed by atoms with Crippen molar-refractivity contribution in [3.05, 3.63) is 74.6 Å². The Labute approximate surface area is 189 Å². The minimum Gasteiger partial charge on any atom is -0.493 e. The molecule has 1 amide bonds. The van der Waals surface area contributed by atoms with Crippen molar-refractivity contribution >= 4 is 44.8 Å². The topological polar surface area (TPSA) is 59.9 Å². The minimum absolute atomic E-state index is 0.166. The maximum absolute atomic E-state index is 12.4. The highest BCUT2D eigenvalue weighted by Crippen LogP contribution is 2.38. The Morgan fingerprint density at radius 1 is 1.20 bits per heavy atom. The molecule has 0 bridgehead atoms. The standard InChI is InChI=1S/C23H23BrN2O3S/c1-5-6-29-21-18(24)10-16(11-19(21)28-4)12-20-22(27)26-23(30-20)25-13-17-8-14(2)7-15(3)9-17/h5,7-12H,1,6,13H2,2-4H3,(H,25,26,27)/b20-12-. The Bertz CT molecular complexity index is 1030. The van der Waals surface area contributed by atoms with Crippen LogP contribution in [0.1, 0.15) is 22.3 Å². The van der Waals surface area contributed by atoms with Crippen molar-refractivity contribution in [2.75, 3.05) is 13.7 Å². The van der Waals surface area contributed by atoms with Gasteiger partial charge in [0, 0.05) is 0 Å². The van der Waals surface area contributed by atoms with Crippen LogP contribution in [0.2, 0.25) is 0 Å². The summed E-state index contributed by atoms with van der Waals surface area (Å²) in [5.41, 5.74) is 4.34. The molecule has 0 aliphatic carbocycles. The van der Waals surface area contributed by atoms with Gasteiger partial charge < -0.3 is 14.8 Å².